The zero-order valence-corrected chi connectivity index (χ0v) is 11.7. The van der Waals surface area contributed by atoms with E-state index in [1.807, 2.05) is 0 Å². The Morgan fingerprint density at radius 1 is 1.05 bits per heavy atom. The first-order chi connectivity index (χ1) is 8.97. The number of benzene rings is 2. The Hall–Kier alpha value is -1.20. The van der Waals surface area contributed by atoms with Crippen molar-refractivity contribution in [3.05, 3.63) is 62.8 Å². The molecule has 0 atom stereocenters. The van der Waals surface area contributed by atoms with Gasteiger partial charge in [-0.25, -0.2) is 8.78 Å². The molecule has 19 heavy (non-hydrogen) atoms. The molecule has 0 fully saturated rings. The quantitative estimate of drug-likeness (QED) is 0.699. The maximum atomic E-state index is 13.4. The average Bonchev–Trinajstić information content (AvgIpc) is 2.35. The Morgan fingerprint density at radius 2 is 1.79 bits per heavy atom. The molecule has 0 amide bonds. The lowest BCUT2D eigenvalue weighted by atomic mass is 10.2. The van der Waals surface area contributed by atoms with Gasteiger partial charge in [0.1, 0.15) is 12.4 Å². The maximum absolute atomic E-state index is 13.4. The van der Waals surface area contributed by atoms with Gasteiger partial charge in [0.15, 0.2) is 11.6 Å². The average molecular weight is 352 g/mol. The molecule has 2 aromatic rings. The lowest BCUT2D eigenvalue weighted by Gasteiger charge is -2.09. The van der Waals surface area contributed by atoms with Crippen molar-refractivity contribution in [1.82, 2.24) is 0 Å². The third-order valence-corrected chi connectivity index (χ3v) is 3.04. The summed E-state index contributed by atoms with van der Waals surface area (Å²) in [4.78, 5) is 0. The molecule has 0 saturated heterocycles. The Balaban J connectivity index is 2.21. The fraction of sp³-hybridized carbons (Fsp3) is 0.0769. The van der Waals surface area contributed by atoms with Crippen molar-refractivity contribution < 1.29 is 17.9 Å². The summed E-state index contributed by atoms with van der Waals surface area (Å²) in [5.74, 6) is -2.99. The number of hydrogen-bond donors (Lipinski definition) is 0. The maximum Gasteiger partial charge on any atom is 0.200 e. The molecule has 0 bridgehead atoms. The molecular weight excluding hydrogens is 344 g/mol. The van der Waals surface area contributed by atoms with Crippen LogP contribution in [0.25, 0.3) is 0 Å². The molecule has 0 saturated carbocycles. The van der Waals surface area contributed by atoms with Crippen molar-refractivity contribution in [2.75, 3.05) is 0 Å². The van der Waals surface area contributed by atoms with Gasteiger partial charge in [-0.1, -0.05) is 27.5 Å². The normalized spacial score (nSPS) is 10.6. The fourth-order valence-corrected chi connectivity index (χ4v) is 2.05. The molecule has 0 aromatic heterocycles. The Bertz CT molecular complexity index is 619. The molecule has 0 spiro atoms. The van der Waals surface area contributed by atoms with Crippen molar-refractivity contribution >= 4 is 27.5 Å². The van der Waals surface area contributed by atoms with Crippen molar-refractivity contribution in [3.63, 3.8) is 0 Å². The van der Waals surface area contributed by atoms with Crippen LogP contribution in [0.15, 0.2) is 34.8 Å². The summed E-state index contributed by atoms with van der Waals surface area (Å²) in [5.41, 5.74) is 0.160. The summed E-state index contributed by atoms with van der Waals surface area (Å²) in [7, 11) is 0. The number of rotatable bonds is 3. The lowest BCUT2D eigenvalue weighted by Crippen LogP contribution is -2.01. The second-order valence-electron chi connectivity index (χ2n) is 3.72. The van der Waals surface area contributed by atoms with Crippen molar-refractivity contribution in [2.45, 2.75) is 6.61 Å². The molecule has 6 heteroatoms. The second-order valence-corrected chi connectivity index (χ2v) is 5.08. The third-order valence-electron chi connectivity index (χ3n) is 2.35. The van der Waals surface area contributed by atoms with Gasteiger partial charge < -0.3 is 4.74 Å². The molecular formula is C13H7BrClF3O. The van der Waals surface area contributed by atoms with Gasteiger partial charge in [-0.05, 0) is 30.3 Å². The minimum absolute atomic E-state index is 0.160. The summed E-state index contributed by atoms with van der Waals surface area (Å²) >= 11 is 8.73. The molecule has 0 heterocycles. The Labute approximate surface area is 121 Å². The molecule has 1 nitrogen and oxygen atoms in total. The van der Waals surface area contributed by atoms with E-state index >= 15 is 0 Å². The topological polar surface area (TPSA) is 9.23 Å². The molecule has 0 aliphatic carbocycles. The highest BCUT2D eigenvalue weighted by molar-refractivity contribution is 9.10. The van der Waals surface area contributed by atoms with Crippen LogP contribution in [0.4, 0.5) is 13.2 Å². The van der Waals surface area contributed by atoms with E-state index in [0.717, 1.165) is 6.07 Å². The van der Waals surface area contributed by atoms with Crippen molar-refractivity contribution in [1.29, 1.82) is 0 Å². The lowest BCUT2D eigenvalue weighted by molar-refractivity contribution is 0.279. The highest BCUT2D eigenvalue weighted by Crippen LogP contribution is 2.26. The zero-order valence-electron chi connectivity index (χ0n) is 9.39. The summed E-state index contributed by atoms with van der Waals surface area (Å²) in [5, 5.41) is 0.334. The van der Waals surface area contributed by atoms with E-state index in [4.69, 9.17) is 16.3 Å². The highest BCUT2D eigenvalue weighted by Gasteiger charge is 2.12. The van der Waals surface area contributed by atoms with Crippen LogP contribution in [0.3, 0.4) is 0 Å². The van der Waals surface area contributed by atoms with Crippen molar-refractivity contribution in [3.8, 4) is 5.75 Å². The highest BCUT2D eigenvalue weighted by atomic mass is 79.9. The van der Waals surface area contributed by atoms with Gasteiger partial charge in [-0.15, -0.1) is 0 Å². The second kappa shape index (κ2) is 5.84. The first kappa shape index (κ1) is 14.2. The molecule has 0 N–H and O–H groups in total. The van der Waals surface area contributed by atoms with Crippen LogP contribution < -0.4 is 4.74 Å². The van der Waals surface area contributed by atoms with E-state index in [9.17, 15) is 13.2 Å². The van der Waals surface area contributed by atoms with E-state index in [1.54, 1.807) is 0 Å². The monoisotopic (exact) mass is 350 g/mol. The number of ether oxygens (including phenoxy) is 1. The minimum Gasteiger partial charge on any atom is -0.486 e. The summed E-state index contributed by atoms with van der Waals surface area (Å²) in [6.07, 6.45) is 0. The van der Waals surface area contributed by atoms with Crippen LogP contribution in [-0.4, -0.2) is 0 Å². The molecule has 2 aromatic carbocycles. The predicted octanol–water partition coefficient (Wildman–Crippen LogP) is 5.10. The first-order valence-corrected chi connectivity index (χ1v) is 6.35. The van der Waals surface area contributed by atoms with Gasteiger partial charge in [0.25, 0.3) is 0 Å². The SMILES string of the molecule is Fc1ccc(Cl)cc1COc1cc(Br)cc(F)c1F. The standard InChI is InChI=1S/C13H7BrClF3O/c14-8-4-11(17)13(18)12(5-8)19-6-7-3-9(15)1-2-10(7)16/h1-5H,6H2. The smallest absolute Gasteiger partial charge is 0.200 e. The predicted molar refractivity (Wildman–Crippen MR) is 69.8 cm³/mol. The van der Waals surface area contributed by atoms with E-state index in [0.29, 0.717) is 9.50 Å². The zero-order chi connectivity index (χ0) is 14.0. The number of halogens is 5. The van der Waals surface area contributed by atoms with Crippen LogP contribution in [0.1, 0.15) is 5.56 Å². The van der Waals surface area contributed by atoms with E-state index < -0.39 is 17.5 Å². The van der Waals surface area contributed by atoms with Gasteiger partial charge >= 0.3 is 0 Å². The van der Waals surface area contributed by atoms with E-state index in [1.165, 1.54) is 24.3 Å². The summed E-state index contributed by atoms with van der Waals surface area (Å²) in [6.45, 7) is -0.251. The minimum atomic E-state index is -1.12. The number of hydrogen-bond acceptors (Lipinski definition) is 1. The van der Waals surface area contributed by atoms with Gasteiger partial charge in [-0.2, -0.15) is 4.39 Å². The van der Waals surface area contributed by atoms with Crippen LogP contribution in [0.5, 0.6) is 5.75 Å². The molecule has 100 valence electrons. The molecule has 0 radical (unpaired) electrons. The summed E-state index contributed by atoms with van der Waals surface area (Å²) < 4.78 is 45.4. The molecule has 0 unspecified atom stereocenters. The Kier molecular flexibility index (Phi) is 4.37. The van der Waals surface area contributed by atoms with Gasteiger partial charge in [-0.3, -0.25) is 0 Å². The third kappa shape index (κ3) is 3.42. The molecule has 2 rings (SSSR count). The van der Waals surface area contributed by atoms with Gasteiger partial charge in [0.2, 0.25) is 5.82 Å². The molecule has 0 aliphatic heterocycles. The largest absolute Gasteiger partial charge is 0.486 e. The molecule has 0 aliphatic rings. The fourth-order valence-electron chi connectivity index (χ4n) is 1.45. The van der Waals surface area contributed by atoms with Gasteiger partial charge in [0.05, 0.1) is 0 Å². The van der Waals surface area contributed by atoms with Crippen LogP contribution in [-0.2, 0) is 6.61 Å². The van der Waals surface area contributed by atoms with Crippen LogP contribution in [0, 0.1) is 17.5 Å². The Morgan fingerprint density at radius 3 is 2.53 bits per heavy atom. The van der Waals surface area contributed by atoms with Gasteiger partial charge in [0, 0.05) is 15.1 Å². The van der Waals surface area contributed by atoms with Crippen LogP contribution in [0.2, 0.25) is 5.02 Å². The van der Waals surface area contributed by atoms with Crippen molar-refractivity contribution in [2.24, 2.45) is 0 Å². The first-order valence-electron chi connectivity index (χ1n) is 5.18. The summed E-state index contributed by atoms with van der Waals surface area (Å²) in [6, 6.07) is 6.17. The van der Waals surface area contributed by atoms with E-state index in [2.05, 4.69) is 15.9 Å². The van der Waals surface area contributed by atoms with E-state index in [-0.39, 0.29) is 17.9 Å². The van der Waals surface area contributed by atoms with Crippen LogP contribution >= 0.6 is 27.5 Å².